The number of esters is 1. The maximum Gasteiger partial charge on any atom is 0.307 e. The van der Waals surface area contributed by atoms with E-state index in [-0.39, 0.29) is 23.4 Å². The molecule has 0 aliphatic rings. The van der Waals surface area contributed by atoms with Gasteiger partial charge in [-0.1, -0.05) is 18.2 Å². The van der Waals surface area contributed by atoms with E-state index in [1.807, 2.05) is 30.3 Å². The van der Waals surface area contributed by atoms with Crippen molar-refractivity contribution in [3.63, 3.8) is 0 Å². The Morgan fingerprint density at radius 3 is 2.63 bits per heavy atom. The van der Waals surface area contributed by atoms with E-state index in [4.69, 9.17) is 10.00 Å². The summed E-state index contributed by atoms with van der Waals surface area (Å²) >= 11 is 1.50. The number of carbonyl (C=O) groups excluding carboxylic acids is 2. The smallest absolute Gasteiger partial charge is 0.307 e. The Kier molecular flexibility index (Phi) is 7.34. The summed E-state index contributed by atoms with van der Waals surface area (Å²) in [4.78, 5) is 34.7. The maximum atomic E-state index is 11.9. The number of nitro groups is 1. The van der Waals surface area contributed by atoms with Crippen molar-refractivity contribution >= 4 is 35.0 Å². The van der Waals surface area contributed by atoms with Crippen LogP contribution in [0.4, 0.5) is 11.4 Å². The second-order valence-electron chi connectivity index (χ2n) is 5.22. The summed E-state index contributed by atoms with van der Waals surface area (Å²) in [6, 6.07) is 14.8. The van der Waals surface area contributed by atoms with E-state index < -0.39 is 23.4 Å². The number of carbonyl (C=O) groups is 2. The highest BCUT2D eigenvalue weighted by Gasteiger charge is 2.14. The number of ether oxygens (including phenoxy) is 1. The normalized spacial score (nSPS) is 9.89. The van der Waals surface area contributed by atoms with Gasteiger partial charge in [0.15, 0.2) is 6.61 Å². The topological polar surface area (TPSA) is 122 Å². The van der Waals surface area contributed by atoms with E-state index >= 15 is 0 Å². The Bertz CT molecular complexity index is 880. The molecule has 8 nitrogen and oxygen atoms in total. The highest BCUT2D eigenvalue weighted by atomic mass is 32.2. The van der Waals surface area contributed by atoms with Gasteiger partial charge in [0, 0.05) is 22.8 Å². The Balaban J connectivity index is 1.78. The van der Waals surface area contributed by atoms with Crippen LogP contribution in [0.3, 0.4) is 0 Å². The van der Waals surface area contributed by atoms with Crippen LogP contribution in [0, 0.1) is 21.4 Å². The van der Waals surface area contributed by atoms with E-state index in [1.54, 1.807) is 6.07 Å². The Morgan fingerprint density at radius 1 is 1.22 bits per heavy atom. The molecule has 0 atom stereocenters. The average Bonchev–Trinajstić information content (AvgIpc) is 2.67. The Labute approximate surface area is 159 Å². The second kappa shape index (κ2) is 9.94. The van der Waals surface area contributed by atoms with Gasteiger partial charge in [-0.15, -0.1) is 11.8 Å². The van der Waals surface area contributed by atoms with Gasteiger partial charge in [0.25, 0.3) is 11.6 Å². The minimum absolute atomic E-state index is 0.0527. The fraction of sp³-hybridized carbons (Fsp3) is 0.167. The molecule has 0 bridgehead atoms. The largest absolute Gasteiger partial charge is 0.456 e. The number of hydrogen-bond acceptors (Lipinski definition) is 7. The van der Waals surface area contributed by atoms with Crippen molar-refractivity contribution in [3.05, 3.63) is 64.2 Å². The van der Waals surface area contributed by atoms with Crippen molar-refractivity contribution in [3.8, 4) is 6.07 Å². The van der Waals surface area contributed by atoms with E-state index in [0.29, 0.717) is 5.75 Å². The number of benzene rings is 2. The molecule has 0 radical (unpaired) electrons. The molecular weight excluding hydrogens is 370 g/mol. The fourth-order valence-electron chi connectivity index (χ4n) is 2.02. The second-order valence-corrected chi connectivity index (χ2v) is 6.39. The van der Waals surface area contributed by atoms with Crippen LogP contribution in [0.1, 0.15) is 12.0 Å². The molecule has 0 aliphatic carbocycles. The number of nitriles is 1. The van der Waals surface area contributed by atoms with Crippen LogP contribution in [-0.2, 0) is 14.3 Å². The first kappa shape index (κ1) is 19.9. The Morgan fingerprint density at radius 2 is 1.96 bits per heavy atom. The minimum Gasteiger partial charge on any atom is -0.456 e. The van der Waals surface area contributed by atoms with E-state index in [1.165, 1.54) is 23.9 Å². The molecule has 0 heterocycles. The lowest BCUT2D eigenvalue weighted by atomic mass is 10.1. The van der Waals surface area contributed by atoms with Crippen molar-refractivity contribution in [2.24, 2.45) is 0 Å². The van der Waals surface area contributed by atoms with Crippen molar-refractivity contribution in [2.75, 3.05) is 17.7 Å². The lowest BCUT2D eigenvalue weighted by Crippen LogP contribution is -2.21. The van der Waals surface area contributed by atoms with E-state index in [2.05, 4.69) is 5.32 Å². The van der Waals surface area contributed by atoms with E-state index in [9.17, 15) is 19.7 Å². The minimum atomic E-state index is -0.637. The molecule has 2 aromatic carbocycles. The van der Waals surface area contributed by atoms with Crippen molar-refractivity contribution < 1.29 is 19.2 Å². The highest BCUT2D eigenvalue weighted by molar-refractivity contribution is 7.99. The molecule has 27 heavy (non-hydrogen) atoms. The van der Waals surface area contributed by atoms with Crippen molar-refractivity contribution in [2.45, 2.75) is 11.3 Å². The van der Waals surface area contributed by atoms with Crippen molar-refractivity contribution in [1.29, 1.82) is 5.26 Å². The number of thioether (sulfide) groups is 1. The fourth-order valence-corrected chi connectivity index (χ4v) is 2.87. The van der Waals surface area contributed by atoms with Gasteiger partial charge >= 0.3 is 5.97 Å². The molecule has 0 saturated heterocycles. The molecule has 0 spiro atoms. The van der Waals surface area contributed by atoms with Crippen LogP contribution in [0.5, 0.6) is 0 Å². The molecule has 0 saturated carbocycles. The lowest BCUT2D eigenvalue weighted by molar-refractivity contribution is -0.384. The molecule has 138 valence electrons. The zero-order valence-corrected chi connectivity index (χ0v) is 14.9. The number of nitrogens with zero attached hydrogens (tertiary/aromatic N) is 2. The summed E-state index contributed by atoms with van der Waals surface area (Å²) in [7, 11) is 0. The van der Waals surface area contributed by atoms with Crippen LogP contribution in [0.25, 0.3) is 0 Å². The van der Waals surface area contributed by atoms with Gasteiger partial charge in [-0.2, -0.15) is 5.26 Å². The number of non-ortho nitro benzene ring substituents is 1. The van der Waals surface area contributed by atoms with Crippen LogP contribution in [-0.4, -0.2) is 29.2 Å². The van der Waals surface area contributed by atoms with Gasteiger partial charge < -0.3 is 10.1 Å². The number of nitrogens with one attached hydrogen (secondary N) is 1. The number of rotatable bonds is 8. The number of anilines is 1. The summed E-state index contributed by atoms with van der Waals surface area (Å²) in [6.07, 6.45) is 0.147. The third kappa shape index (κ3) is 6.45. The monoisotopic (exact) mass is 385 g/mol. The first-order valence-corrected chi connectivity index (χ1v) is 8.80. The maximum absolute atomic E-state index is 11.9. The van der Waals surface area contributed by atoms with Crippen LogP contribution in [0.2, 0.25) is 0 Å². The molecule has 1 amide bonds. The highest BCUT2D eigenvalue weighted by Crippen LogP contribution is 2.21. The van der Waals surface area contributed by atoms with Crippen molar-refractivity contribution in [1.82, 2.24) is 0 Å². The van der Waals surface area contributed by atoms with Gasteiger partial charge in [-0.25, -0.2) is 0 Å². The zero-order valence-electron chi connectivity index (χ0n) is 14.1. The molecule has 0 aromatic heterocycles. The van der Waals surface area contributed by atoms with Gasteiger partial charge in [0.1, 0.15) is 6.07 Å². The van der Waals surface area contributed by atoms with Gasteiger partial charge in [0.05, 0.1) is 22.6 Å². The van der Waals surface area contributed by atoms with Crippen LogP contribution >= 0.6 is 11.8 Å². The third-order valence-electron chi connectivity index (χ3n) is 3.29. The van der Waals surface area contributed by atoms with Crippen LogP contribution < -0.4 is 5.32 Å². The summed E-state index contributed by atoms with van der Waals surface area (Å²) in [5.41, 5.74) is -0.196. The first-order chi connectivity index (χ1) is 13.0. The molecule has 2 rings (SSSR count). The van der Waals surface area contributed by atoms with Gasteiger partial charge in [-0.05, 0) is 18.2 Å². The molecule has 0 unspecified atom stereocenters. The van der Waals surface area contributed by atoms with Gasteiger partial charge in [0.2, 0.25) is 0 Å². The Hall–Kier alpha value is -3.38. The average molecular weight is 385 g/mol. The number of nitro benzene ring substituents is 1. The van der Waals surface area contributed by atoms with Gasteiger partial charge in [-0.3, -0.25) is 19.7 Å². The summed E-state index contributed by atoms with van der Waals surface area (Å²) in [6.45, 7) is -0.503. The molecule has 9 heteroatoms. The molecule has 2 aromatic rings. The zero-order chi connectivity index (χ0) is 19.6. The molecule has 1 N–H and O–H groups in total. The number of hydrogen-bond donors (Lipinski definition) is 1. The van der Waals surface area contributed by atoms with Crippen LogP contribution in [0.15, 0.2) is 53.4 Å². The van der Waals surface area contributed by atoms with E-state index in [0.717, 1.165) is 11.0 Å². The molecule has 0 fully saturated rings. The molecular formula is C18H15N3O5S. The predicted molar refractivity (Wildman–Crippen MR) is 99.2 cm³/mol. The standard InChI is InChI=1S/C18H15N3O5S/c19-11-13-10-14(21(24)25)6-7-16(13)20-17(22)12-26-18(23)8-9-27-15-4-2-1-3-5-15/h1-7,10H,8-9,12H2,(H,20,22). The molecule has 0 aliphatic heterocycles. The first-order valence-electron chi connectivity index (χ1n) is 7.81. The number of amides is 1. The SMILES string of the molecule is N#Cc1cc([N+](=O)[O-])ccc1NC(=O)COC(=O)CCSc1ccccc1. The summed E-state index contributed by atoms with van der Waals surface area (Å²) in [5.74, 6) is -0.631. The lowest BCUT2D eigenvalue weighted by Gasteiger charge is -2.08. The third-order valence-corrected chi connectivity index (χ3v) is 4.30. The summed E-state index contributed by atoms with van der Waals surface area (Å²) < 4.78 is 4.89. The quantitative estimate of drug-likeness (QED) is 0.320. The predicted octanol–water partition coefficient (Wildman–Crippen LogP) is 3.13. The summed E-state index contributed by atoms with van der Waals surface area (Å²) in [5, 5.41) is 22.1.